The van der Waals surface area contributed by atoms with Crippen molar-refractivity contribution in [3.8, 4) is 0 Å². The van der Waals surface area contributed by atoms with Gasteiger partial charge >= 0.3 is 0 Å². The Balaban J connectivity index is 2.53. The van der Waals surface area contributed by atoms with E-state index >= 15 is 0 Å². The summed E-state index contributed by atoms with van der Waals surface area (Å²) in [6, 6.07) is 3.79. The van der Waals surface area contributed by atoms with E-state index in [0.717, 1.165) is 54.8 Å². The summed E-state index contributed by atoms with van der Waals surface area (Å²) in [5, 5.41) is 6.49. The predicted molar refractivity (Wildman–Crippen MR) is 79.8 cm³/mol. The summed E-state index contributed by atoms with van der Waals surface area (Å²) in [6.45, 7) is 3.19. The first-order chi connectivity index (χ1) is 8.26. The quantitative estimate of drug-likeness (QED) is 0.357. The molecule has 0 spiro atoms. The van der Waals surface area contributed by atoms with Gasteiger partial charge in [0.2, 0.25) is 0 Å². The molecule has 0 bridgehead atoms. The highest BCUT2D eigenvalue weighted by Crippen LogP contribution is 2.07. The fourth-order valence-corrected chi connectivity index (χ4v) is 1.76. The summed E-state index contributed by atoms with van der Waals surface area (Å²) in [5.74, 6) is 1.64. The molecule has 0 aliphatic heterocycles. The first-order valence-corrected chi connectivity index (χ1v) is 6.91. The number of nitrogens with two attached hydrogens (primary N) is 1. The summed E-state index contributed by atoms with van der Waals surface area (Å²) < 4.78 is 0. The van der Waals surface area contributed by atoms with Gasteiger partial charge in [-0.25, -0.2) is 0 Å². The van der Waals surface area contributed by atoms with Crippen LogP contribution in [0.4, 0.5) is 5.69 Å². The molecule has 0 saturated carbocycles. The van der Waals surface area contributed by atoms with Crippen molar-refractivity contribution in [3.05, 3.63) is 23.5 Å². The van der Waals surface area contributed by atoms with Gasteiger partial charge in [-0.1, -0.05) is 0 Å². The topological polar surface area (TPSA) is 63.0 Å². The summed E-state index contributed by atoms with van der Waals surface area (Å²) in [4.78, 5) is 4.52. The summed E-state index contributed by atoms with van der Waals surface area (Å²) >= 11 is 8.28. The molecular weight excluding hydrogens is 252 g/mol. The molecule has 0 aliphatic rings. The fourth-order valence-electron chi connectivity index (χ4n) is 1.45. The minimum atomic E-state index is 0.727. The van der Waals surface area contributed by atoms with Gasteiger partial charge in [0.1, 0.15) is 0 Å². The maximum absolute atomic E-state index is 5.84. The summed E-state index contributed by atoms with van der Waals surface area (Å²) in [5.41, 5.74) is 8.53. The number of anilines is 1. The lowest BCUT2D eigenvalue weighted by Crippen LogP contribution is -2.19. The molecule has 17 heavy (non-hydrogen) atoms. The number of nitrogens with zero attached hydrogens (tertiary/aromatic N) is 1. The number of nitrogen functional groups attached to an aromatic ring is 1. The van der Waals surface area contributed by atoms with Crippen LogP contribution in [0, 0.1) is 0 Å². The van der Waals surface area contributed by atoms with E-state index in [2.05, 4.69) is 40.9 Å². The second-order valence-electron chi connectivity index (χ2n) is 3.68. The minimum Gasteiger partial charge on any atom is -0.399 e. The number of rotatable bonds is 8. The minimum absolute atomic E-state index is 0.727. The third-order valence-corrected chi connectivity index (χ3v) is 2.59. The Morgan fingerprint density at radius 1 is 1.00 bits per heavy atom. The largest absolute Gasteiger partial charge is 0.399 e. The standard InChI is InChI=1S/C11H20N4S2/c12-9-5-10(7-13-1-3-16)15-11(6-9)8-14-2-4-17/h5-6,13-14,16-17H,1-4,7-8H2,(H2,12,15). The van der Waals surface area contributed by atoms with E-state index in [1.54, 1.807) is 0 Å². The first-order valence-electron chi connectivity index (χ1n) is 5.64. The van der Waals surface area contributed by atoms with E-state index in [9.17, 15) is 0 Å². The van der Waals surface area contributed by atoms with Crippen molar-refractivity contribution in [1.29, 1.82) is 0 Å². The molecule has 1 aromatic rings. The number of aromatic nitrogens is 1. The van der Waals surface area contributed by atoms with Gasteiger partial charge in [0.25, 0.3) is 0 Å². The molecule has 96 valence electrons. The SMILES string of the molecule is Nc1cc(CNCCS)nc(CNCCS)c1. The zero-order chi connectivity index (χ0) is 12.5. The van der Waals surface area contributed by atoms with E-state index in [4.69, 9.17) is 5.73 Å². The van der Waals surface area contributed by atoms with Crippen molar-refractivity contribution >= 4 is 30.9 Å². The van der Waals surface area contributed by atoms with Crippen LogP contribution in [-0.4, -0.2) is 29.6 Å². The molecule has 0 radical (unpaired) electrons. The van der Waals surface area contributed by atoms with Crippen LogP contribution in [-0.2, 0) is 13.1 Å². The van der Waals surface area contributed by atoms with E-state index < -0.39 is 0 Å². The second-order valence-corrected chi connectivity index (χ2v) is 4.58. The molecule has 0 amide bonds. The van der Waals surface area contributed by atoms with Crippen molar-refractivity contribution in [1.82, 2.24) is 15.6 Å². The molecule has 0 saturated heterocycles. The van der Waals surface area contributed by atoms with Gasteiger partial charge in [0, 0.05) is 43.4 Å². The number of thiol groups is 2. The lowest BCUT2D eigenvalue weighted by Gasteiger charge is -2.08. The van der Waals surface area contributed by atoms with E-state index in [1.165, 1.54) is 0 Å². The highest BCUT2D eigenvalue weighted by Gasteiger charge is 2.00. The molecule has 0 unspecified atom stereocenters. The highest BCUT2D eigenvalue weighted by molar-refractivity contribution is 7.80. The number of nitrogens with one attached hydrogen (secondary N) is 2. The Labute approximate surface area is 114 Å². The molecule has 1 heterocycles. The summed E-state index contributed by atoms with van der Waals surface area (Å²) in [6.07, 6.45) is 0. The molecule has 1 rings (SSSR count). The smallest absolute Gasteiger partial charge is 0.0566 e. The third kappa shape index (κ3) is 6.16. The average Bonchev–Trinajstić information content (AvgIpc) is 2.29. The van der Waals surface area contributed by atoms with Gasteiger partial charge < -0.3 is 16.4 Å². The van der Waals surface area contributed by atoms with Crippen LogP contribution in [0.3, 0.4) is 0 Å². The Morgan fingerprint density at radius 3 is 1.88 bits per heavy atom. The van der Waals surface area contributed by atoms with Crippen molar-refractivity contribution < 1.29 is 0 Å². The van der Waals surface area contributed by atoms with Crippen LogP contribution >= 0.6 is 25.3 Å². The van der Waals surface area contributed by atoms with Crippen LogP contribution < -0.4 is 16.4 Å². The molecule has 4 nitrogen and oxygen atoms in total. The molecule has 0 fully saturated rings. The van der Waals surface area contributed by atoms with Crippen LogP contribution in [0.1, 0.15) is 11.4 Å². The molecule has 0 aliphatic carbocycles. The molecule has 4 N–H and O–H groups in total. The zero-order valence-electron chi connectivity index (χ0n) is 9.82. The fraction of sp³-hybridized carbons (Fsp3) is 0.545. The Bertz CT molecular complexity index is 305. The van der Waals surface area contributed by atoms with E-state index in [0.29, 0.717) is 0 Å². The summed E-state index contributed by atoms with van der Waals surface area (Å²) in [7, 11) is 0. The monoisotopic (exact) mass is 272 g/mol. The third-order valence-electron chi connectivity index (χ3n) is 2.14. The first kappa shape index (κ1) is 14.6. The van der Waals surface area contributed by atoms with E-state index in [-0.39, 0.29) is 0 Å². The van der Waals surface area contributed by atoms with Gasteiger partial charge in [0.15, 0.2) is 0 Å². The van der Waals surface area contributed by atoms with Crippen molar-refractivity contribution in [2.75, 3.05) is 30.3 Å². The predicted octanol–water partition coefficient (Wildman–Crippen LogP) is 0.703. The number of hydrogen-bond donors (Lipinski definition) is 5. The molecule has 0 aromatic carbocycles. The average molecular weight is 272 g/mol. The molecule has 1 aromatic heterocycles. The normalized spacial score (nSPS) is 10.7. The van der Waals surface area contributed by atoms with Crippen LogP contribution in [0.25, 0.3) is 0 Å². The van der Waals surface area contributed by atoms with Crippen LogP contribution in [0.5, 0.6) is 0 Å². The van der Waals surface area contributed by atoms with Gasteiger partial charge in [-0.05, 0) is 12.1 Å². The Hall–Kier alpha value is -0.430. The maximum atomic E-state index is 5.84. The molecular formula is C11H20N4S2. The highest BCUT2D eigenvalue weighted by atomic mass is 32.1. The van der Waals surface area contributed by atoms with Gasteiger partial charge in [-0.3, -0.25) is 4.98 Å². The second kappa shape index (κ2) is 8.63. The van der Waals surface area contributed by atoms with Crippen LogP contribution in [0.15, 0.2) is 12.1 Å². The lowest BCUT2D eigenvalue weighted by atomic mass is 10.2. The Morgan fingerprint density at radius 2 is 1.47 bits per heavy atom. The van der Waals surface area contributed by atoms with Crippen LogP contribution in [0.2, 0.25) is 0 Å². The van der Waals surface area contributed by atoms with E-state index in [1.807, 2.05) is 12.1 Å². The number of hydrogen-bond acceptors (Lipinski definition) is 6. The van der Waals surface area contributed by atoms with Crippen molar-refractivity contribution in [3.63, 3.8) is 0 Å². The molecule has 0 atom stereocenters. The van der Waals surface area contributed by atoms with Gasteiger partial charge in [0.05, 0.1) is 11.4 Å². The molecule has 6 heteroatoms. The number of pyridine rings is 1. The van der Waals surface area contributed by atoms with Gasteiger partial charge in [-0.2, -0.15) is 25.3 Å². The lowest BCUT2D eigenvalue weighted by molar-refractivity contribution is 0.688. The zero-order valence-corrected chi connectivity index (χ0v) is 11.6. The Kier molecular flexibility index (Phi) is 7.43. The van der Waals surface area contributed by atoms with Crippen molar-refractivity contribution in [2.45, 2.75) is 13.1 Å². The van der Waals surface area contributed by atoms with Gasteiger partial charge in [-0.15, -0.1) is 0 Å². The maximum Gasteiger partial charge on any atom is 0.0566 e. The van der Waals surface area contributed by atoms with Crippen molar-refractivity contribution in [2.24, 2.45) is 0 Å².